The van der Waals surface area contributed by atoms with E-state index in [9.17, 15) is 13.2 Å². The highest BCUT2D eigenvalue weighted by molar-refractivity contribution is 7.89. The Kier molecular flexibility index (Phi) is 5.29. The van der Waals surface area contributed by atoms with Crippen LogP contribution in [0.4, 0.5) is 5.69 Å². The average molecular weight is 400 g/mol. The number of rotatable bonds is 4. The predicted octanol–water partition coefficient (Wildman–Crippen LogP) is 3.43. The fourth-order valence-corrected chi connectivity index (χ4v) is 4.82. The molecule has 0 atom stereocenters. The molecule has 3 rings (SSSR count). The van der Waals surface area contributed by atoms with E-state index in [1.54, 1.807) is 6.07 Å². The van der Waals surface area contributed by atoms with E-state index in [0.29, 0.717) is 18.8 Å². The summed E-state index contributed by atoms with van der Waals surface area (Å²) in [5, 5.41) is 2.81. The normalized spacial score (nSPS) is 15.3. The largest absolute Gasteiger partial charge is 0.322 e. The molecule has 1 aliphatic rings. The van der Waals surface area contributed by atoms with Crippen LogP contribution in [0.3, 0.4) is 0 Å². The summed E-state index contributed by atoms with van der Waals surface area (Å²) in [5.74, 6) is -0.482. The Balaban J connectivity index is 1.89. The highest BCUT2D eigenvalue weighted by atomic mass is 35.5. The zero-order chi connectivity index (χ0) is 18.0. The van der Waals surface area contributed by atoms with Crippen molar-refractivity contribution in [2.75, 3.05) is 18.4 Å². The smallest absolute Gasteiger partial charge is 0.258 e. The van der Waals surface area contributed by atoms with Crippen LogP contribution in [-0.2, 0) is 10.0 Å². The number of nitrogens with zero attached hydrogens (tertiary/aromatic N) is 2. The topological polar surface area (TPSA) is 79.4 Å². The van der Waals surface area contributed by atoms with Crippen LogP contribution in [0.5, 0.6) is 0 Å². The molecule has 2 heterocycles. The van der Waals surface area contributed by atoms with Crippen molar-refractivity contribution in [3.63, 3.8) is 0 Å². The molecule has 0 saturated carbocycles. The van der Waals surface area contributed by atoms with E-state index in [1.165, 1.54) is 34.8 Å². The molecule has 9 heteroatoms. The van der Waals surface area contributed by atoms with E-state index in [1.807, 2.05) is 0 Å². The number of nitrogens with one attached hydrogen (secondary N) is 1. The highest BCUT2D eigenvalue weighted by Crippen LogP contribution is 2.30. The van der Waals surface area contributed by atoms with Crippen molar-refractivity contribution in [2.45, 2.75) is 17.7 Å². The molecule has 1 aromatic heterocycles. The van der Waals surface area contributed by atoms with Gasteiger partial charge in [-0.05, 0) is 43.2 Å². The van der Waals surface area contributed by atoms with Gasteiger partial charge >= 0.3 is 0 Å². The third-order valence-corrected chi connectivity index (χ3v) is 6.56. The number of amides is 1. The minimum absolute atomic E-state index is 0.0221. The van der Waals surface area contributed by atoms with Gasteiger partial charge in [0.05, 0.1) is 10.6 Å². The molecule has 2 aromatic rings. The average Bonchev–Trinajstić information content (AvgIpc) is 3.12. The van der Waals surface area contributed by atoms with Crippen molar-refractivity contribution in [3.8, 4) is 0 Å². The van der Waals surface area contributed by atoms with Crippen molar-refractivity contribution in [1.82, 2.24) is 9.29 Å². The van der Waals surface area contributed by atoms with E-state index < -0.39 is 15.9 Å². The lowest BCUT2D eigenvalue weighted by molar-refractivity contribution is 0.102. The number of hydrogen-bond donors (Lipinski definition) is 1. The maximum Gasteiger partial charge on any atom is 0.258 e. The molecule has 1 aromatic carbocycles. The first-order valence-electron chi connectivity index (χ1n) is 7.61. The van der Waals surface area contributed by atoms with Gasteiger partial charge in [-0.3, -0.25) is 4.79 Å². The first kappa shape index (κ1) is 18.1. The number of aromatic nitrogens is 1. The Labute approximate surface area is 155 Å². The molecule has 132 valence electrons. The zero-order valence-corrected chi connectivity index (χ0v) is 15.4. The van der Waals surface area contributed by atoms with Crippen LogP contribution in [0.25, 0.3) is 0 Å². The van der Waals surface area contributed by atoms with Crippen molar-refractivity contribution in [2.24, 2.45) is 0 Å². The summed E-state index contributed by atoms with van der Waals surface area (Å²) >= 11 is 12.0. The van der Waals surface area contributed by atoms with Gasteiger partial charge in [0.15, 0.2) is 0 Å². The van der Waals surface area contributed by atoms with E-state index in [2.05, 4.69) is 10.3 Å². The van der Waals surface area contributed by atoms with E-state index in [0.717, 1.165) is 12.8 Å². The Hall–Kier alpha value is -1.67. The van der Waals surface area contributed by atoms with Gasteiger partial charge in [-0.1, -0.05) is 23.2 Å². The minimum Gasteiger partial charge on any atom is -0.322 e. The van der Waals surface area contributed by atoms with Crippen molar-refractivity contribution in [3.05, 3.63) is 52.3 Å². The molecule has 0 bridgehead atoms. The Morgan fingerprint density at radius 1 is 1.16 bits per heavy atom. The van der Waals surface area contributed by atoms with Crippen molar-refractivity contribution in [1.29, 1.82) is 0 Å². The molecular weight excluding hydrogens is 385 g/mol. The molecule has 6 nitrogen and oxygen atoms in total. The van der Waals surface area contributed by atoms with Gasteiger partial charge in [0.1, 0.15) is 10.0 Å². The van der Waals surface area contributed by atoms with E-state index in [4.69, 9.17) is 23.2 Å². The lowest BCUT2D eigenvalue weighted by atomic mass is 10.2. The van der Waals surface area contributed by atoms with Gasteiger partial charge in [0.2, 0.25) is 10.0 Å². The Morgan fingerprint density at radius 3 is 2.56 bits per heavy atom. The third kappa shape index (κ3) is 3.79. The first-order valence-corrected chi connectivity index (χ1v) is 9.81. The minimum atomic E-state index is -3.69. The van der Waals surface area contributed by atoms with E-state index >= 15 is 0 Å². The second-order valence-corrected chi connectivity index (χ2v) is 8.22. The van der Waals surface area contributed by atoms with Crippen LogP contribution in [0.15, 0.2) is 41.4 Å². The third-order valence-electron chi connectivity index (χ3n) is 3.88. The van der Waals surface area contributed by atoms with Crippen LogP contribution in [-0.4, -0.2) is 36.7 Å². The molecule has 1 fully saturated rings. The summed E-state index contributed by atoms with van der Waals surface area (Å²) in [4.78, 5) is 16.1. The van der Waals surface area contributed by atoms with Crippen LogP contribution in [0.1, 0.15) is 23.2 Å². The summed E-state index contributed by atoms with van der Waals surface area (Å²) < 4.78 is 26.8. The maximum atomic E-state index is 12.7. The molecule has 1 aliphatic heterocycles. The standard InChI is InChI=1S/C16H15Cl2N3O3S/c17-13-6-5-11(20-16(22)12-4-3-7-19-15(12)18)10-14(13)25(23,24)21-8-1-2-9-21/h3-7,10H,1-2,8-9H2,(H,20,22). The number of hydrogen-bond acceptors (Lipinski definition) is 4. The summed E-state index contributed by atoms with van der Waals surface area (Å²) in [6.07, 6.45) is 3.13. The van der Waals surface area contributed by atoms with Gasteiger partial charge in [-0.25, -0.2) is 13.4 Å². The number of pyridine rings is 1. The molecule has 0 spiro atoms. The Morgan fingerprint density at radius 2 is 1.88 bits per heavy atom. The number of halogens is 2. The molecule has 25 heavy (non-hydrogen) atoms. The fraction of sp³-hybridized carbons (Fsp3) is 0.250. The van der Waals surface area contributed by atoms with Crippen LogP contribution >= 0.6 is 23.2 Å². The second kappa shape index (κ2) is 7.29. The van der Waals surface area contributed by atoms with Crippen LogP contribution in [0.2, 0.25) is 10.2 Å². The summed E-state index contributed by atoms with van der Waals surface area (Å²) in [6, 6.07) is 7.46. The molecule has 0 unspecified atom stereocenters. The number of anilines is 1. The summed E-state index contributed by atoms with van der Waals surface area (Å²) in [6.45, 7) is 0.946. The van der Waals surface area contributed by atoms with Crippen LogP contribution in [0, 0.1) is 0 Å². The van der Waals surface area contributed by atoms with Crippen LogP contribution < -0.4 is 5.32 Å². The number of benzene rings is 1. The van der Waals surface area contributed by atoms with Gasteiger partial charge in [-0.15, -0.1) is 0 Å². The number of carbonyl (C=O) groups excluding carboxylic acids is 1. The van der Waals surface area contributed by atoms with Crippen molar-refractivity contribution >= 4 is 44.8 Å². The molecule has 0 aliphatic carbocycles. The van der Waals surface area contributed by atoms with Crippen molar-refractivity contribution < 1.29 is 13.2 Å². The number of carbonyl (C=O) groups is 1. The molecular formula is C16H15Cl2N3O3S. The fourth-order valence-electron chi connectivity index (χ4n) is 2.60. The number of sulfonamides is 1. The summed E-state index contributed by atoms with van der Waals surface area (Å²) in [5.41, 5.74) is 0.509. The SMILES string of the molecule is O=C(Nc1ccc(Cl)c(S(=O)(=O)N2CCCC2)c1)c1cccnc1Cl. The summed E-state index contributed by atoms with van der Waals surface area (Å²) in [7, 11) is -3.69. The molecule has 1 saturated heterocycles. The van der Waals surface area contributed by atoms with E-state index in [-0.39, 0.29) is 20.6 Å². The maximum absolute atomic E-state index is 12.7. The van der Waals surface area contributed by atoms with Gasteiger partial charge in [-0.2, -0.15) is 4.31 Å². The lowest BCUT2D eigenvalue weighted by Gasteiger charge is -2.17. The predicted molar refractivity (Wildman–Crippen MR) is 96.6 cm³/mol. The molecule has 0 radical (unpaired) electrons. The lowest BCUT2D eigenvalue weighted by Crippen LogP contribution is -2.28. The highest BCUT2D eigenvalue weighted by Gasteiger charge is 2.29. The molecule has 1 N–H and O–H groups in total. The quantitative estimate of drug-likeness (QED) is 0.798. The van der Waals surface area contributed by atoms with Gasteiger partial charge < -0.3 is 5.32 Å². The monoisotopic (exact) mass is 399 g/mol. The second-order valence-electron chi connectivity index (χ2n) is 5.55. The van der Waals surface area contributed by atoms with Gasteiger partial charge in [0.25, 0.3) is 5.91 Å². The Bertz CT molecular complexity index is 913. The first-order chi connectivity index (χ1) is 11.9. The molecule has 1 amide bonds. The van der Waals surface area contributed by atoms with Gasteiger partial charge in [0, 0.05) is 25.0 Å². The zero-order valence-electron chi connectivity index (χ0n) is 13.1.